The van der Waals surface area contributed by atoms with E-state index in [-0.39, 0.29) is 25.0 Å². The molecular formula is C36H44N4O6. The second kappa shape index (κ2) is 15.9. The highest BCUT2D eigenvalue weighted by Crippen LogP contribution is 2.32. The fraction of sp³-hybridized carbons (Fsp3) is 0.389. The molecule has 0 heterocycles. The van der Waals surface area contributed by atoms with E-state index in [0.717, 1.165) is 31.4 Å². The molecule has 3 aromatic carbocycles. The fourth-order valence-electron chi connectivity index (χ4n) is 5.28. The Hall–Kier alpha value is -4.86. The minimum atomic E-state index is -0.653. The molecule has 1 aliphatic rings. The number of anilines is 3. The third-order valence-electron chi connectivity index (χ3n) is 7.65. The summed E-state index contributed by atoms with van der Waals surface area (Å²) < 4.78 is 11.4. The van der Waals surface area contributed by atoms with Crippen molar-refractivity contribution in [3.63, 3.8) is 0 Å². The molecule has 3 aromatic rings. The van der Waals surface area contributed by atoms with Crippen LogP contribution in [0.2, 0.25) is 0 Å². The summed E-state index contributed by atoms with van der Waals surface area (Å²) >= 11 is 0. The number of urea groups is 1. The van der Waals surface area contributed by atoms with E-state index in [1.54, 1.807) is 69.1 Å². The molecule has 0 bridgehead atoms. The van der Waals surface area contributed by atoms with E-state index >= 15 is 0 Å². The lowest BCUT2D eigenvalue weighted by molar-refractivity contribution is -0.120. The van der Waals surface area contributed by atoms with Gasteiger partial charge < -0.3 is 29.9 Å². The number of nitrogens with one attached hydrogen (secondary N) is 2. The van der Waals surface area contributed by atoms with E-state index in [1.165, 1.54) is 17.4 Å². The average molecular weight is 629 g/mol. The number of hydrogen-bond acceptors (Lipinski definition) is 6. The fourth-order valence-corrected chi connectivity index (χ4v) is 5.28. The van der Waals surface area contributed by atoms with Crippen LogP contribution < -0.4 is 25.2 Å². The van der Waals surface area contributed by atoms with Gasteiger partial charge in [-0.05, 0) is 82.0 Å². The van der Waals surface area contributed by atoms with E-state index in [1.807, 2.05) is 36.4 Å². The summed E-state index contributed by atoms with van der Waals surface area (Å²) in [6.45, 7) is 5.33. The van der Waals surface area contributed by atoms with Crippen molar-refractivity contribution >= 4 is 40.9 Å². The topological polar surface area (TPSA) is 117 Å². The monoisotopic (exact) mass is 628 g/mol. The van der Waals surface area contributed by atoms with Crippen molar-refractivity contribution in [1.29, 1.82) is 0 Å². The van der Waals surface area contributed by atoms with Crippen LogP contribution in [0, 0.1) is 5.92 Å². The first-order valence-electron chi connectivity index (χ1n) is 15.7. The zero-order valence-electron chi connectivity index (χ0n) is 27.1. The molecule has 10 heteroatoms. The second-order valence-electron chi connectivity index (χ2n) is 12.4. The van der Waals surface area contributed by atoms with Gasteiger partial charge in [0, 0.05) is 25.0 Å². The molecule has 0 radical (unpaired) electrons. The summed E-state index contributed by atoms with van der Waals surface area (Å²) in [7, 11) is 1.69. The molecule has 1 fully saturated rings. The first kappa shape index (κ1) is 34.0. The molecule has 0 spiro atoms. The number of carbonyl (C=O) groups is 4. The van der Waals surface area contributed by atoms with Gasteiger partial charge in [-0.2, -0.15) is 0 Å². The van der Waals surface area contributed by atoms with Gasteiger partial charge in [-0.15, -0.1) is 0 Å². The summed E-state index contributed by atoms with van der Waals surface area (Å²) in [6, 6.07) is 22.3. The van der Waals surface area contributed by atoms with E-state index in [9.17, 15) is 19.2 Å². The molecule has 4 rings (SSSR count). The Morgan fingerprint density at radius 3 is 2.26 bits per heavy atom. The molecule has 10 nitrogen and oxygen atoms in total. The molecule has 4 amide bonds. The maximum Gasteiger partial charge on any atom is 0.338 e. The highest BCUT2D eigenvalue weighted by molar-refractivity contribution is 6.00. The number of nitrogens with zero attached hydrogens (tertiary/aromatic N) is 2. The second-order valence-corrected chi connectivity index (χ2v) is 12.4. The Kier molecular flexibility index (Phi) is 11.8. The highest BCUT2D eigenvalue weighted by Gasteiger charge is 2.26. The van der Waals surface area contributed by atoms with Crippen LogP contribution in [0.25, 0.3) is 0 Å². The molecular weight excluding hydrogens is 584 g/mol. The summed E-state index contributed by atoms with van der Waals surface area (Å²) in [6.07, 6.45) is 5.41. The summed E-state index contributed by atoms with van der Waals surface area (Å²) in [5.74, 6) is -0.336. The lowest BCUT2D eigenvalue weighted by atomic mass is 9.89. The Labute approximate surface area is 271 Å². The number of hydrogen-bond donors (Lipinski definition) is 2. The van der Waals surface area contributed by atoms with Crippen LogP contribution in [-0.2, 0) is 14.3 Å². The van der Waals surface area contributed by atoms with Crippen molar-refractivity contribution < 1.29 is 28.7 Å². The van der Waals surface area contributed by atoms with Gasteiger partial charge in [0.2, 0.25) is 5.91 Å². The lowest BCUT2D eigenvalue weighted by Crippen LogP contribution is -2.44. The minimum Gasteiger partial charge on any atom is -0.482 e. The van der Waals surface area contributed by atoms with E-state index in [0.29, 0.717) is 35.2 Å². The Morgan fingerprint density at radius 1 is 0.848 bits per heavy atom. The third kappa shape index (κ3) is 10.1. The Balaban J connectivity index is 1.43. The van der Waals surface area contributed by atoms with E-state index in [2.05, 4.69) is 10.6 Å². The van der Waals surface area contributed by atoms with Crippen LogP contribution in [0.15, 0.2) is 78.9 Å². The van der Waals surface area contributed by atoms with Crippen molar-refractivity contribution in [2.24, 2.45) is 5.92 Å². The third-order valence-corrected chi connectivity index (χ3v) is 7.65. The van der Waals surface area contributed by atoms with Crippen LogP contribution in [-0.4, -0.2) is 56.2 Å². The summed E-state index contributed by atoms with van der Waals surface area (Å²) in [5, 5.41) is 5.34. The van der Waals surface area contributed by atoms with Crippen LogP contribution >= 0.6 is 0 Å². The Bertz CT molecular complexity index is 1500. The molecule has 0 aliphatic heterocycles. The maximum absolute atomic E-state index is 13.7. The van der Waals surface area contributed by atoms with Crippen LogP contribution in [0.5, 0.6) is 5.75 Å². The Morgan fingerprint density at radius 2 is 1.54 bits per heavy atom. The smallest absolute Gasteiger partial charge is 0.338 e. The molecule has 244 valence electrons. The number of ether oxygens (including phenoxy) is 2. The number of likely N-dealkylation sites (N-methyl/N-ethyl adjacent to an activating group) is 1. The van der Waals surface area contributed by atoms with Gasteiger partial charge >= 0.3 is 12.0 Å². The summed E-state index contributed by atoms with van der Waals surface area (Å²) in [5.41, 5.74) is 1.32. The molecule has 2 N–H and O–H groups in total. The predicted octanol–water partition coefficient (Wildman–Crippen LogP) is 6.42. The zero-order chi connectivity index (χ0) is 33.1. The number of amides is 4. The predicted molar refractivity (Wildman–Crippen MR) is 179 cm³/mol. The SMILES string of the molecule is CN(C(=O)COc1ccccc1N(CC1CCCCC1)C(=O)CNC(=O)Nc1cccc(C(=O)OC(C)(C)C)c1)c1ccccc1. The molecule has 0 atom stereocenters. The lowest BCUT2D eigenvalue weighted by Gasteiger charge is -2.31. The number of carbonyl (C=O) groups excluding carboxylic acids is 4. The van der Waals surface area contributed by atoms with Crippen molar-refractivity contribution in [2.75, 3.05) is 41.9 Å². The van der Waals surface area contributed by atoms with E-state index in [4.69, 9.17) is 9.47 Å². The zero-order valence-corrected chi connectivity index (χ0v) is 27.1. The van der Waals surface area contributed by atoms with Crippen LogP contribution in [0.1, 0.15) is 63.2 Å². The van der Waals surface area contributed by atoms with Crippen molar-refractivity contribution in [3.8, 4) is 5.75 Å². The highest BCUT2D eigenvalue weighted by atomic mass is 16.6. The van der Waals surface area contributed by atoms with Crippen molar-refractivity contribution in [3.05, 3.63) is 84.4 Å². The average Bonchev–Trinajstić information content (AvgIpc) is 3.05. The van der Waals surface area contributed by atoms with Crippen LogP contribution in [0.4, 0.5) is 21.9 Å². The van der Waals surface area contributed by atoms with Gasteiger partial charge in [-0.1, -0.05) is 55.7 Å². The van der Waals surface area contributed by atoms with Gasteiger partial charge in [0.05, 0.1) is 17.8 Å². The standard InChI is InChI=1S/C36H44N4O6/c1-36(2,3)46-34(43)27-16-13-17-28(22-27)38-35(44)37-23-32(41)40(24-26-14-7-5-8-15-26)30-20-11-12-21-31(30)45-25-33(42)39(4)29-18-9-6-10-19-29/h6,9-13,16-22,26H,5,7-8,14-15,23-25H2,1-4H3,(H2,37,38,44). The van der Waals surface area contributed by atoms with Gasteiger partial charge in [0.1, 0.15) is 11.4 Å². The van der Waals surface area contributed by atoms with Crippen LogP contribution in [0.3, 0.4) is 0 Å². The largest absolute Gasteiger partial charge is 0.482 e. The molecule has 0 unspecified atom stereocenters. The first-order chi connectivity index (χ1) is 22.0. The summed E-state index contributed by atoms with van der Waals surface area (Å²) in [4.78, 5) is 55.1. The van der Waals surface area contributed by atoms with Crippen molar-refractivity contribution in [1.82, 2.24) is 5.32 Å². The first-order valence-corrected chi connectivity index (χ1v) is 15.7. The maximum atomic E-state index is 13.7. The molecule has 1 saturated carbocycles. The van der Waals surface area contributed by atoms with Crippen molar-refractivity contribution in [2.45, 2.75) is 58.5 Å². The van der Waals surface area contributed by atoms with Gasteiger partial charge in [0.15, 0.2) is 6.61 Å². The number of benzene rings is 3. The number of rotatable bonds is 11. The molecule has 1 aliphatic carbocycles. The molecule has 46 heavy (non-hydrogen) atoms. The van der Waals surface area contributed by atoms with E-state index < -0.39 is 17.6 Å². The number of para-hydroxylation sites is 3. The quantitative estimate of drug-likeness (QED) is 0.237. The van der Waals surface area contributed by atoms with Gasteiger partial charge in [-0.3, -0.25) is 9.59 Å². The normalized spacial score (nSPS) is 13.3. The van der Waals surface area contributed by atoms with Gasteiger partial charge in [-0.25, -0.2) is 9.59 Å². The molecule has 0 saturated heterocycles. The minimum absolute atomic E-state index is 0.211. The number of esters is 1. The molecule has 0 aromatic heterocycles. The van der Waals surface area contributed by atoms with Gasteiger partial charge in [0.25, 0.3) is 5.91 Å².